The Labute approximate surface area is 195 Å². The number of anilines is 1. The highest BCUT2D eigenvalue weighted by atomic mass is 32.2. The molecule has 0 atom stereocenters. The van der Waals surface area contributed by atoms with Crippen LogP contribution in [0.4, 0.5) is 5.95 Å². The number of nitrogens with zero attached hydrogens (tertiary/aromatic N) is 4. The number of aromatic nitrogens is 3. The Morgan fingerprint density at radius 1 is 1.00 bits per heavy atom. The topological polar surface area (TPSA) is 107 Å². The third-order valence-electron chi connectivity index (χ3n) is 4.62. The van der Waals surface area contributed by atoms with Crippen molar-refractivity contribution in [2.45, 2.75) is 11.8 Å². The summed E-state index contributed by atoms with van der Waals surface area (Å²) in [5.41, 5.74) is 5.30. The first-order valence-electron chi connectivity index (χ1n) is 10.2. The van der Waals surface area contributed by atoms with Gasteiger partial charge in [-0.3, -0.25) is 4.79 Å². The molecule has 0 fully saturated rings. The zero-order chi connectivity index (χ0) is 22.9. The summed E-state index contributed by atoms with van der Waals surface area (Å²) < 4.78 is 7.19. The number of nitrogens with two attached hydrogens (primary N) is 1. The summed E-state index contributed by atoms with van der Waals surface area (Å²) in [7, 11) is 0. The molecule has 0 spiro atoms. The predicted octanol–water partition coefficient (Wildman–Crippen LogP) is 3.99. The van der Waals surface area contributed by atoms with Crippen LogP contribution in [0.3, 0.4) is 0 Å². The average Bonchev–Trinajstić information content (AvgIpc) is 3.22. The summed E-state index contributed by atoms with van der Waals surface area (Å²) in [5.74, 6) is 7.20. The van der Waals surface area contributed by atoms with E-state index in [2.05, 4.69) is 20.7 Å². The van der Waals surface area contributed by atoms with Crippen molar-refractivity contribution in [2.75, 3.05) is 17.0 Å². The number of ether oxygens (including phenoxy) is 1. The zero-order valence-corrected chi connectivity index (χ0v) is 18.5. The summed E-state index contributed by atoms with van der Waals surface area (Å²) in [6, 6.07) is 26.6. The molecule has 1 heterocycles. The van der Waals surface area contributed by atoms with Crippen molar-refractivity contribution in [2.24, 2.45) is 5.10 Å². The summed E-state index contributed by atoms with van der Waals surface area (Å²) in [6.07, 6.45) is 1.63. The third kappa shape index (κ3) is 5.98. The van der Waals surface area contributed by atoms with Gasteiger partial charge in [0.25, 0.3) is 5.95 Å². The van der Waals surface area contributed by atoms with Crippen molar-refractivity contribution in [3.8, 4) is 5.75 Å². The molecule has 0 unspecified atom stereocenters. The second-order valence-electron chi connectivity index (χ2n) is 6.94. The number of carbonyl (C=O) groups excluding carboxylic acids is 1. The van der Waals surface area contributed by atoms with E-state index in [1.54, 1.807) is 18.3 Å². The Morgan fingerprint density at radius 2 is 1.70 bits per heavy atom. The first kappa shape index (κ1) is 22.1. The van der Waals surface area contributed by atoms with Crippen LogP contribution in [0.25, 0.3) is 0 Å². The maximum Gasteiger partial charge on any atom is 0.264 e. The highest BCUT2D eigenvalue weighted by Crippen LogP contribution is 2.19. The number of nitrogens with one attached hydrogen (secondary N) is 1. The lowest BCUT2D eigenvalue weighted by Crippen LogP contribution is -2.14. The number of ketones is 1. The van der Waals surface area contributed by atoms with E-state index < -0.39 is 0 Å². The van der Waals surface area contributed by atoms with E-state index >= 15 is 0 Å². The fraction of sp³-hybridized carbons (Fsp3) is 0.0833. The van der Waals surface area contributed by atoms with Gasteiger partial charge >= 0.3 is 0 Å². The first-order chi connectivity index (χ1) is 16.2. The lowest BCUT2D eigenvalue weighted by atomic mass is 10.2. The molecule has 3 N–H and O–H groups in total. The summed E-state index contributed by atoms with van der Waals surface area (Å²) in [5, 5.41) is 12.6. The number of thioether (sulfide) groups is 1. The van der Waals surface area contributed by atoms with Crippen LogP contribution in [0, 0.1) is 0 Å². The van der Waals surface area contributed by atoms with Gasteiger partial charge in [-0.05, 0) is 17.7 Å². The number of carbonyl (C=O) groups is 1. The predicted molar refractivity (Wildman–Crippen MR) is 130 cm³/mol. The van der Waals surface area contributed by atoms with Gasteiger partial charge in [-0.2, -0.15) is 5.10 Å². The van der Waals surface area contributed by atoms with Gasteiger partial charge in [-0.1, -0.05) is 84.6 Å². The lowest BCUT2D eigenvalue weighted by Gasteiger charge is -2.09. The van der Waals surface area contributed by atoms with Crippen LogP contribution in [0.5, 0.6) is 5.75 Å². The van der Waals surface area contributed by atoms with Crippen LogP contribution in [-0.2, 0) is 6.61 Å². The molecule has 8 nitrogen and oxygen atoms in total. The van der Waals surface area contributed by atoms with Crippen molar-refractivity contribution in [3.63, 3.8) is 0 Å². The van der Waals surface area contributed by atoms with E-state index in [4.69, 9.17) is 10.6 Å². The molecular formula is C24H22N6O2S. The summed E-state index contributed by atoms with van der Waals surface area (Å²) in [6.45, 7) is 0.457. The minimum absolute atomic E-state index is 0.0109. The molecule has 1 aromatic heterocycles. The number of hydrogen-bond acceptors (Lipinski definition) is 8. The Hall–Kier alpha value is -4.11. The number of hydrogen-bond donors (Lipinski definition) is 2. The molecule has 0 radical (unpaired) electrons. The molecule has 0 bridgehead atoms. The molecule has 4 rings (SSSR count). The molecule has 0 aliphatic heterocycles. The summed E-state index contributed by atoms with van der Waals surface area (Å²) in [4.78, 5) is 12.3. The average molecular weight is 459 g/mol. The van der Waals surface area contributed by atoms with E-state index in [9.17, 15) is 4.79 Å². The highest BCUT2D eigenvalue weighted by molar-refractivity contribution is 7.99. The quantitative estimate of drug-likeness (QED) is 0.122. The van der Waals surface area contributed by atoms with Gasteiger partial charge in [0.15, 0.2) is 5.78 Å². The molecule has 0 aliphatic carbocycles. The fourth-order valence-corrected chi connectivity index (χ4v) is 3.65. The standard InChI is InChI=1S/C24H22N6O2S/c25-30-23(28-29-24(30)33-17-21(31)19-11-5-2-6-12-19)27-26-15-20-13-7-8-14-22(20)32-16-18-9-3-1-4-10-18/h1-15H,16-17,25H2,(H,27,28)/b26-15+. The molecule has 33 heavy (non-hydrogen) atoms. The molecular weight excluding hydrogens is 436 g/mol. The number of para-hydroxylation sites is 1. The van der Waals surface area contributed by atoms with Gasteiger partial charge in [0.2, 0.25) is 5.16 Å². The normalized spacial score (nSPS) is 10.9. The van der Waals surface area contributed by atoms with E-state index in [0.29, 0.717) is 23.1 Å². The molecule has 0 saturated carbocycles. The van der Waals surface area contributed by atoms with Crippen LogP contribution in [-0.4, -0.2) is 32.6 Å². The molecule has 0 saturated heterocycles. The summed E-state index contributed by atoms with van der Waals surface area (Å²) >= 11 is 1.21. The van der Waals surface area contributed by atoms with E-state index in [1.165, 1.54) is 16.4 Å². The molecule has 0 amide bonds. The SMILES string of the molecule is Nn1c(N/N=C/c2ccccc2OCc2ccccc2)nnc1SCC(=O)c1ccccc1. The van der Waals surface area contributed by atoms with Gasteiger partial charge in [0.1, 0.15) is 12.4 Å². The van der Waals surface area contributed by atoms with Crippen LogP contribution >= 0.6 is 11.8 Å². The lowest BCUT2D eigenvalue weighted by molar-refractivity contribution is 0.102. The number of rotatable bonds is 10. The maximum atomic E-state index is 12.3. The van der Waals surface area contributed by atoms with E-state index in [1.807, 2.05) is 72.8 Å². The van der Waals surface area contributed by atoms with Crippen molar-refractivity contribution < 1.29 is 9.53 Å². The van der Waals surface area contributed by atoms with Crippen LogP contribution < -0.4 is 16.0 Å². The Kier molecular flexibility index (Phi) is 7.34. The second kappa shape index (κ2) is 11.0. The first-order valence-corrected chi connectivity index (χ1v) is 11.2. The zero-order valence-electron chi connectivity index (χ0n) is 17.7. The number of benzene rings is 3. The minimum atomic E-state index is -0.0109. The van der Waals surface area contributed by atoms with Crippen LogP contribution in [0.1, 0.15) is 21.5 Å². The van der Waals surface area contributed by atoms with Gasteiger partial charge in [-0.15, -0.1) is 10.2 Å². The molecule has 4 aromatic rings. The van der Waals surface area contributed by atoms with Gasteiger partial charge in [0.05, 0.1) is 12.0 Å². The van der Waals surface area contributed by atoms with Gasteiger partial charge in [0, 0.05) is 11.1 Å². The smallest absolute Gasteiger partial charge is 0.264 e. The number of hydrazone groups is 1. The highest BCUT2D eigenvalue weighted by Gasteiger charge is 2.13. The Bertz CT molecular complexity index is 1230. The van der Waals surface area contributed by atoms with Crippen molar-refractivity contribution >= 4 is 29.7 Å². The maximum absolute atomic E-state index is 12.3. The Balaban J connectivity index is 1.34. The third-order valence-corrected chi connectivity index (χ3v) is 5.56. The Morgan fingerprint density at radius 3 is 2.48 bits per heavy atom. The fourth-order valence-electron chi connectivity index (χ4n) is 2.90. The molecule has 3 aromatic carbocycles. The van der Waals surface area contributed by atoms with Crippen molar-refractivity contribution in [1.29, 1.82) is 0 Å². The number of Topliss-reactive ketones (excluding diaryl/α,β-unsaturated/α-hetero) is 1. The van der Waals surface area contributed by atoms with Crippen LogP contribution in [0.15, 0.2) is 95.2 Å². The molecule has 9 heteroatoms. The number of nitrogen functional groups attached to an aromatic ring is 1. The van der Waals surface area contributed by atoms with Crippen LogP contribution in [0.2, 0.25) is 0 Å². The minimum Gasteiger partial charge on any atom is -0.488 e. The second-order valence-corrected chi connectivity index (χ2v) is 7.88. The molecule has 0 aliphatic rings. The van der Waals surface area contributed by atoms with Gasteiger partial charge in [-0.25, -0.2) is 10.1 Å². The van der Waals surface area contributed by atoms with Crippen molar-refractivity contribution in [3.05, 3.63) is 102 Å². The van der Waals surface area contributed by atoms with Crippen molar-refractivity contribution in [1.82, 2.24) is 14.9 Å². The van der Waals surface area contributed by atoms with Gasteiger partial charge < -0.3 is 10.6 Å². The van der Waals surface area contributed by atoms with E-state index in [-0.39, 0.29) is 17.5 Å². The largest absolute Gasteiger partial charge is 0.488 e. The van der Waals surface area contributed by atoms with E-state index in [0.717, 1.165) is 11.1 Å². The monoisotopic (exact) mass is 458 g/mol. The molecule has 166 valence electrons.